The Labute approximate surface area is 206 Å². The first-order valence-electron chi connectivity index (χ1n) is 11.9. The lowest BCUT2D eigenvalue weighted by molar-refractivity contribution is -0.271. The van der Waals surface area contributed by atoms with Crippen LogP contribution in [-0.2, 0) is 48.3 Å². The molecule has 4 atom stereocenters. The lowest BCUT2D eigenvalue weighted by Crippen LogP contribution is -2.53. The van der Waals surface area contributed by atoms with Crippen molar-refractivity contribution < 1.29 is 28.5 Å². The highest BCUT2D eigenvalue weighted by Crippen LogP contribution is 2.28. The van der Waals surface area contributed by atoms with Gasteiger partial charge in [0, 0.05) is 13.3 Å². The second-order valence-corrected chi connectivity index (χ2v) is 8.55. The van der Waals surface area contributed by atoms with Crippen molar-refractivity contribution >= 4 is 5.97 Å². The zero-order valence-corrected chi connectivity index (χ0v) is 20.0. The first kappa shape index (κ1) is 25.1. The summed E-state index contributed by atoms with van der Waals surface area (Å²) in [6, 6.07) is 29.9. The summed E-state index contributed by atoms with van der Waals surface area (Å²) in [5.74, 6) is -0.399. The molecule has 6 nitrogen and oxygen atoms in total. The van der Waals surface area contributed by atoms with Crippen LogP contribution in [0.15, 0.2) is 91.0 Å². The molecule has 0 spiro atoms. The van der Waals surface area contributed by atoms with E-state index in [1.54, 1.807) is 0 Å². The molecule has 184 valence electrons. The zero-order valence-electron chi connectivity index (χ0n) is 20.0. The Balaban J connectivity index is 1.48. The van der Waals surface area contributed by atoms with Crippen LogP contribution in [0.3, 0.4) is 0 Å². The Morgan fingerprint density at radius 1 is 0.771 bits per heavy atom. The van der Waals surface area contributed by atoms with Crippen LogP contribution in [0.4, 0.5) is 0 Å². The Hall–Kier alpha value is -3.03. The van der Waals surface area contributed by atoms with Crippen molar-refractivity contribution in [2.75, 3.05) is 6.61 Å². The molecule has 4 rings (SSSR count). The summed E-state index contributed by atoms with van der Waals surface area (Å²) < 4.78 is 30.3. The Bertz CT molecular complexity index is 1010. The minimum atomic E-state index is -0.727. The molecule has 0 aromatic heterocycles. The van der Waals surface area contributed by atoms with Gasteiger partial charge in [-0.1, -0.05) is 91.0 Å². The van der Waals surface area contributed by atoms with Gasteiger partial charge in [-0.2, -0.15) is 0 Å². The molecule has 0 aliphatic carbocycles. The first-order valence-corrected chi connectivity index (χ1v) is 11.9. The van der Waals surface area contributed by atoms with E-state index >= 15 is 0 Å². The van der Waals surface area contributed by atoms with Crippen LogP contribution in [0.25, 0.3) is 0 Å². The van der Waals surface area contributed by atoms with Crippen LogP contribution >= 0.6 is 0 Å². The molecule has 0 saturated carbocycles. The third-order valence-electron chi connectivity index (χ3n) is 5.77. The highest BCUT2D eigenvalue weighted by molar-refractivity contribution is 5.66. The fourth-order valence-electron chi connectivity index (χ4n) is 4.08. The van der Waals surface area contributed by atoms with Gasteiger partial charge in [0.2, 0.25) is 6.29 Å². The van der Waals surface area contributed by atoms with Crippen LogP contribution in [0.1, 0.15) is 30.0 Å². The molecule has 0 amide bonds. The number of ether oxygens (including phenoxy) is 5. The lowest BCUT2D eigenvalue weighted by atomic mass is 10.0. The average molecular weight is 477 g/mol. The van der Waals surface area contributed by atoms with E-state index in [-0.39, 0.29) is 12.7 Å². The van der Waals surface area contributed by atoms with Gasteiger partial charge in [-0.15, -0.1) is 0 Å². The number of rotatable bonds is 11. The first-order chi connectivity index (χ1) is 17.2. The summed E-state index contributed by atoms with van der Waals surface area (Å²) in [5, 5.41) is 0. The van der Waals surface area contributed by atoms with Crippen molar-refractivity contribution in [1.82, 2.24) is 0 Å². The van der Waals surface area contributed by atoms with Gasteiger partial charge in [0.15, 0.2) is 0 Å². The van der Waals surface area contributed by atoms with Crippen molar-refractivity contribution in [3.8, 4) is 0 Å². The van der Waals surface area contributed by atoms with Gasteiger partial charge in [0.05, 0.1) is 32.5 Å². The van der Waals surface area contributed by atoms with Gasteiger partial charge in [-0.05, 0) is 16.7 Å². The number of hydrogen-bond acceptors (Lipinski definition) is 6. The minimum Gasteiger partial charge on any atom is -0.436 e. The summed E-state index contributed by atoms with van der Waals surface area (Å²) in [5.41, 5.74) is 3.18. The van der Waals surface area contributed by atoms with Crippen LogP contribution in [0.5, 0.6) is 0 Å². The van der Waals surface area contributed by atoms with Crippen LogP contribution in [-0.4, -0.2) is 37.2 Å². The van der Waals surface area contributed by atoms with E-state index in [4.69, 9.17) is 23.7 Å². The van der Waals surface area contributed by atoms with Gasteiger partial charge in [-0.3, -0.25) is 4.79 Å². The Morgan fingerprint density at radius 2 is 1.29 bits per heavy atom. The molecule has 1 heterocycles. The summed E-state index contributed by atoms with van der Waals surface area (Å²) >= 11 is 0. The molecule has 3 aromatic carbocycles. The molecule has 1 fully saturated rings. The fourth-order valence-corrected chi connectivity index (χ4v) is 4.08. The van der Waals surface area contributed by atoms with E-state index in [1.165, 1.54) is 6.92 Å². The van der Waals surface area contributed by atoms with E-state index in [1.807, 2.05) is 91.0 Å². The van der Waals surface area contributed by atoms with Crippen molar-refractivity contribution in [3.05, 3.63) is 108 Å². The van der Waals surface area contributed by atoms with E-state index < -0.39 is 24.5 Å². The maximum absolute atomic E-state index is 11.7. The SMILES string of the molecule is CC(=O)OC1C[C@@H](OCc2ccccc2)[C@@H](OCc2ccccc2)[C@@H](COCc2ccccc2)O1. The smallest absolute Gasteiger partial charge is 0.304 e. The van der Waals surface area contributed by atoms with Crippen molar-refractivity contribution in [2.45, 2.75) is 57.8 Å². The highest BCUT2D eigenvalue weighted by Gasteiger charge is 2.42. The summed E-state index contributed by atoms with van der Waals surface area (Å²) in [6.07, 6.45) is -1.57. The van der Waals surface area contributed by atoms with E-state index in [0.29, 0.717) is 26.2 Å². The summed E-state index contributed by atoms with van der Waals surface area (Å²) in [4.78, 5) is 11.7. The van der Waals surface area contributed by atoms with E-state index in [2.05, 4.69) is 0 Å². The Morgan fingerprint density at radius 3 is 1.83 bits per heavy atom. The van der Waals surface area contributed by atoms with E-state index in [9.17, 15) is 4.79 Å². The van der Waals surface area contributed by atoms with Gasteiger partial charge < -0.3 is 23.7 Å². The largest absolute Gasteiger partial charge is 0.436 e. The predicted molar refractivity (Wildman–Crippen MR) is 131 cm³/mol. The molecule has 0 radical (unpaired) electrons. The maximum atomic E-state index is 11.7. The molecule has 1 aliphatic heterocycles. The van der Waals surface area contributed by atoms with Crippen LogP contribution < -0.4 is 0 Å². The quantitative estimate of drug-likeness (QED) is 0.361. The number of carbonyl (C=O) groups excluding carboxylic acids is 1. The van der Waals surface area contributed by atoms with Gasteiger partial charge >= 0.3 is 5.97 Å². The molecule has 3 aromatic rings. The third kappa shape index (κ3) is 8.01. The highest BCUT2D eigenvalue weighted by atomic mass is 16.7. The van der Waals surface area contributed by atoms with Gasteiger partial charge in [0.25, 0.3) is 0 Å². The molecule has 6 heteroatoms. The zero-order chi connectivity index (χ0) is 24.3. The minimum absolute atomic E-state index is 0.275. The fraction of sp³-hybridized carbons (Fsp3) is 0.345. The monoisotopic (exact) mass is 476 g/mol. The molecular formula is C29H32O6. The van der Waals surface area contributed by atoms with Crippen LogP contribution in [0, 0.1) is 0 Å². The standard InChI is InChI=1S/C29H32O6/c1-22(30)34-28-17-26(32-19-24-13-7-3-8-14-24)29(33-20-25-15-9-4-10-16-25)27(35-28)21-31-18-23-11-5-2-6-12-23/h2-16,26-29H,17-21H2,1H3/t26-,27-,28?,29-/m1/s1. The van der Waals surface area contributed by atoms with Gasteiger partial charge in [0.1, 0.15) is 12.2 Å². The molecule has 0 bridgehead atoms. The maximum Gasteiger partial charge on any atom is 0.304 e. The lowest BCUT2D eigenvalue weighted by Gasteiger charge is -2.40. The van der Waals surface area contributed by atoms with Crippen LogP contribution in [0.2, 0.25) is 0 Å². The molecule has 0 N–H and O–H groups in total. The number of esters is 1. The summed E-state index contributed by atoms with van der Waals surface area (Å²) in [6.45, 7) is 2.92. The number of carbonyl (C=O) groups is 1. The molecule has 1 unspecified atom stereocenters. The van der Waals surface area contributed by atoms with Gasteiger partial charge in [-0.25, -0.2) is 0 Å². The number of benzene rings is 3. The summed E-state index contributed by atoms with van der Waals surface area (Å²) in [7, 11) is 0. The molecule has 1 saturated heterocycles. The predicted octanol–water partition coefficient (Wildman–Crippen LogP) is 5.05. The second kappa shape index (κ2) is 13.2. The van der Waals surface area contributed by atoms with Crippen molar-refractivity contribution in [3.63, 3.8) is 0 Å². The van der Waals surface area contributed by atoms with E-state index in [0.717, 1.165) is 16.7 Å². The van der Waals surface area contributed by atoms with Crippen molar-refractivity contribution in [2.24, 2.45) is 0 Å². The molecule has 35 heavy (non-hydrogen) atoms. The average Bonchev–Trinajstić information content (AvgIpc) is 2.88. The molecule has 1 aliphatic rings. The third-order valence-corrected chi connectivity index (χ3v) is 5.77. The molecular weight excluding hydrogens is 444 g/mol. The number of hydrogen-bond donors (Lipinski definition) is 0. The van der Waals surface area contributed by atoms with Crippen molar-refractivity contribution in [1.29, 1.82) is 0 Å². The normalized spacial score (nSPS) is 22.0. The second-order valence-electron chi connectivity index (χ2n) is 8.55. The topological polar surface area (TPSA) is 63.2 Å². The Kier molecular flexibility index (Phi) is 9.43.